The number of carbonyl (C=O) groups is 3. The van der Waals surface area contributed by atoms with Crippen molar-refractivity contribution in [2.45, 2.75) is 20.8 Å². The molecule has 76 valence electrons. The highest BCUT2D eigenvalue weighted by molar-refractivity contribution is 8.26. The van der Waals surface area contributed by atoms with Gasteiger partial charge < -0.3 is 0 Å². The largest absolute Gasteiger partial charge is 0.296 e. The molecular weight excluding hydrogens is 202 g/mol. The minimum Gasteiger partial charge on any atom is -0.281 e. The van der Waals surface area contributed by atoms with Gasteiger partial charge in [0.05, 0.1) is 5.57 Å². The van der Waals surface area contributed by atoms with Crippen LogP contribution in [0.3, 0.4) is 0 Å². The van der Waals surface area contributed by atoms with E-state index in [1.165, 1.54) is 0 Å². The molecule has 1 fully saturated rings. The lowest BCUT2D eigenvalue weighted by atomic mass is 10.1. The van der Waals surface area contributed by atoms with Crippen LogP contribution in [0.5, 0.6) is 0 Å². The fourth-order valence-electron chi connectivity index (χ4n) is 1.18. The zero-order valence-electron chi connectivity index (χ0n) is 8.29. The molecule has 1 aliphatic heterocycles. The van der Waals surface area contributed by atoms with Crippen molar-refractivity contribution < 1.29 is 14.4 Å². The third kappa shape index (κ3) is 1.72. The second-order valence-electron chi connectivity index (χ2n) is 3.08. The Balaban J connectivity index is 3.13. The van der Waals surface area contributed by atoms with Crippen LogP contribution in [0.25, 0.3) is 0 Å². The number of carbonyl (C=O) groups excluding carboxylic acids is 3. The Morgan fingerprint density at radius 2 is 1.86 bits per heavy atom. The molecule has 2 amide bonds. The van der Waals surface area contributed by atoms with Gasteiger partial charge in [-0.3, -0.25) is 19.3 Å². The molecule has 1 saturated heterocycles. The van der Waals surface area contributed by atoms with Gasteiger partial charge in [-0.2, -0.15) is 0 Å². The molecular formula is C9H11NO3S. The Bertz CT molecular complexity index is 342. The number of nitrogens with zero attached hydrogens (tertiary/aromatic N) is 1. The first-order valence-electron chi connectivity index (χ1n) is 4.24. The summed E-state index contributed by atoms with van der Waals surface area (Å²) in [5, 5.41) is -0.919. The predicted molar refractivity (Wildman–Crippen MR) is 53.8 cm³/mol. The van der Waals surface area contributed by atoms with Gasteiger partial charge in [-0.15, -0.1) is 0 Å². The van der Waals surface area contributed by atoms with E-state index in [0.29, 0.717) is 23.9 Å². The van der Waals surface area contributed by atoms with Crippen molar-refractivity contribution >= 4 is 28.0 Å². The van der Waals surface area contributed by atoms with Crippen molar-refractivity contribution in [2.24, 2.45) is 0 Å². The van der Waals surface area contributed by atoms with Crippen molar-refractivity contribution in [3.05, 3.63) is 11.1 Å². The molecule has 5 heteroatoms. The summed E-state index contributed by atoms with van der Waals surface area (Å²) in [7, 11) is 0. The summed E-state index contributed by atoms with van der Waals surface area (Å²) in [6.07, 6.45) is 0. The van der Waals surface area contributed by atoms with Gasteiger partial charge in [-0.1, -0.05) is 5.57 Å². The maximum absolute atomic E-state index is 11.6. The number of rotatable bonds is 1. The van der Waals surface area contributed by atoms with E-state index < -0.39 is 16.3 Å². The smallest absolute Gasteiger partial charge is 0.281 e. The molecule has 0 N–H and O–H groups in total. The first-order valence-corrected chi connectivity index (χ1v) is 5.06. The molecule has 0 aromatic heterocycles. The van der Waals surface area contributed by atoms with Crippen LogP contribution in [-0.4, -0.2) is 27.7 Å². The van der Waals surface area contributed by atoms with Crippen molar-refractivity contribution in [2.75, 3.05) is 6.54 Å². The van der Waals surface area contributed by atoms with Gasteiger partial charge in [0.2, 0.25) is 5.12 Å². The molecule has 0 unspecified atom stereocenters. The molecule has 1 heterocycles. The van der Waals surface area contributed by atoms with Gasteiger partial charge in [0.1, 0.15) is 0 Å². The molecule has 0 atom stereocenters. The molecule has 0 saturated carbocycles. The van der Waals surface area contributed by atoms with E-state index in [-0.39, 0.29) is 5.57 Å². The Hall–Kier alpha value is -1.10. The van der Waals surface area contributed by atoms with Gasteiger partial charge in [-0.05, 0) is 20.8 Å². The molecule has 0 aromatic rings. The van der Waals surface area contributed by atoms with Crippen LogP contribution < -0.4 is 0 Å². The third-order valence-corrected chi connectivity index (χ3v) is 2.66. The number of hydrogen-bond acceptors (Lipinski definition) is 4. The van der Waals surface area contributed by atoms with Gasteiger partial charge in [0, 0.05) is 18.3 Å². The predicted octanol–water partition coefficient (Wildman–Crippen LogP) is 1.56. The first kappa shape index (κ1) is 11.0. The zero-order valence-corrected chi connectivity index (χ0v) is 9.10. The highest BCUT2D eigenvalue weighted by Gasteiger charge is 2.36. The minimum absolute atomic E-state index is 0.136. The highest BCUT2D eigenvalue weighted by atomic mass is 32.2. The Labute approximate surface area is 86.3 Å². The minimum atomic E-state index is -0.479. The van der Waals surface area contributed by atoms with Crippen molar-refractivity contribution in [1.82, 2.24) is 4.90 Å². The van der Waals surface area contributed by atoms with Crippen LogP contribution in [0, 0.1) is 0 Å². The van der Waals surface area contributed by atoms with Crippen LogP contribution in [0.4, 0.5) is 4.79 Å². The maximum Gasteiger partial charge on any atom is 0.296 e. The summed E-state index contributed by atoms with van der Waals surface area (Å²) < 4.78 is 0. The lowest BCUT2D eigenvalue weighted by Crippen LogP contribution is -2.41. The van der Waals surface area contributed by atoms with Crippen LogP contribution in [-0.2, 0) is 9.59 Å². The van der Waals surface area contributed by atoms with Crippen LogP contribution in [0.15, 0.2) is 11.1 Å². The number of allylic oxidation sites excluding steroid dienone is 1. The zero-order chi connectivity index (χ0) is 10.9. The van der Waals surface area contributed by atoms with Crippen molar-refractivity contribution in [3.8, 4) is 0 Å². The maximum atomic E-state index is 11.6. The normalized spacial score (nSPS) is 17.8. The molecule has 1 rings (SSSR count). The number of amides is 2. The Kier molecular flexibility index (Phi) is 3.10. The summed E-state index contributed by atoms with van der Waals surface area (Å²) >= 11 is 0.584. The lowest BCUT2D eigenvalue weighted by Gasteiger charge is -2.24. The molecule has 0 radical (unpaired) electrons. The lowest BCUT2D eigenvalue weighted by molar-refractivity contribution is -0.125. The summed E-state index contributed by atoms with van der Waals surface area (Å²) in [6, 6.07) is 0. The van der Waals surface area contributed by atoms with Gasteiger partial charge in [-0.25, -0.2) is 0 Å². The summed E-state index contributed by atoms with van der Waals surface area (Å²) in [5.41, 5.74) is 0.787. The molecule has 0 aromatic carbocycles. The molecule has 0 spiro atoms. The molecule has 0 bridgehead atoms. The van der Waals surface area contributed by atoms with E-state index in [9.17, 15) is 14.4 Å². The summed E-state index contributed by atoms with van der Waals surface area (Å²) in [4.78, 5) is 35.3. The van der Waals surface area contributed by atoms with Crippen molar-refractivity contribution in [3.63, 3.8) is 0 Å². The number of hydrogen-bond donors (Lipinski definition) is 0. The van der Waals surface area contributed by atoms with Crippen LogP contribution in [0.1, 0.15) is 20.8 Å². The SMILES string of the molecule is CCN1C(=O)SC(=O)C(=C(C)C)C1=O. The Morgan fingerprint density at radius 1 is 1.29 bits per heavy atom. The van der Waals surface area contributed by atoms with Crippen LogP contribution >= 0.6 is 11.8 Å². The Morgan fingerprint density at radius 3 is 2.29 bits per heavy atom. The second kappa shape index (κ2) is 3.96. The first-order chi connectivity index (χ1) is 6.49. The number of imide groups is 1. The monoisotopic (exact) mass is 213 g/mol. The average molecular weight is 213 g/mol. The standard InChI is InChI=1S/C9H11NO3S/c1-4-10-7(11)6(5(2)3)8(12)14-9(10)13/h4H2,1-3H3. The van der Waals surface area contributed by atoms with Crippen LogP contribution in [0.2, 0.25) is 0 Å². The van der Waals surface area contributed by atoms with Gasteiger partial charge in [0.15, 0.2) is 0 Å². The number of thioether (sulfide) groups is 1. The molecule has 0 aliphatic carbocycles. The third-order valence-electron chi connectivity index (χ3n) is 1.88. The van der Waals surface area contributed by atoms with E-state index in [1.807, 2.05) is 0 Å². The van der Waals surface area contributed by atoms with Gasteiger partial charge >= 0.3 is 0 Å². The fraction of sp³-hybridized carbons (Fsp3) is 0.444. The highest BCUT2D eigenvalue weighted by Crippen LogP contribution is 2.26. The van der Waals surface area contributed by atoms with E-state index >= 15 is 0 Å². The quantitative estimate of drug-likeness (QED) is 0.490. The van der Waals surface area contributed by atoms with E-state index in [2.05, 4.69) is 0 Å². The second-order valence-corrected chi connectivity index (χ2v) is 4.00. The topological polar surface area (TPSA) is 54.5 Å². The van der Waals surface area contributed by atoms with E-state index in [4.69, 9.17) is 0 Å². The summed E-state index contributed by atoms with van der Waals surface area (Å²) in [6.45, 7) is 5.38. The number of likely N-dealkylation sites (N-methyl/N-ethyl adjacent to an activating group) is 1. The molecule has 4 nitrogen and oxygen atoms in total. The summed E-state index contributed by atoms with van der Waals surface area (Å²) in [5.74, 6) is -0.471. The van der Waals surface area contributed by atoms with Crippen molar-refractivity contribution in [1.29, 1.82) is 0 Å². The van der Waals surface area contributed by atoms with E-state index in [1.54, 1.807) is 20.8 Å². The molecule has 14 heavy (non-hydrogen) atoms. The molecule has 1 aliphatic rings. The average Bonchev–Trinajstić information content (AvgIpc) is 2.02. The fourth-order valence-corrected chi connectivity index (χ4v) is 2.06. The van der Waals surface area contributed by atoms with Gasteiger partial charge in [0.25, 0.3) is 11.1 Å². The van der Waals surface area contributed by atoms with E-state index in [0.717, 1.165) is 4.90 Å².